The molecule has 0 rings (SSSR count). The van der Waals surface area contributed by atoms with Crippen molar-refractivity contribution in [1.82, 2.24) is 0 Å². The molecule has 4 heteroatoms. The van der Waals surface area contributed by atoms with Crippen LogP contribution < -0.4 is 0 Å². The van der Waals surface area contributed by atoms with Crippen molar-refractivity contribution < 1.29 is 43.4 Å². The second kappa shape index (κ2) is 19.3. The molecule has 0 bridgehead atoms. The molecule has 24 valence electrons. The predicted octanol–water partition coefficient (Wildman–Crippen LogP) is 0.221. The first-order valence-electron chi connectivity index (χ1n) is 0. The van der Waals surface area contributed by atoms with Crippen molar-refractivity contribution in [3.63, 3.8) is 0 Å². The van der Waals surface area contributed by atoms with E-state index in [2.05, 4.69) is 0 Å². The van der Waals surface area contributed by atoms with Crippen LogP contribution in [0.3, 0.4) is 0 Å². The van der Waals surface area contributed by atoms with Gasteiger partial charge in [0.25, 0.3) is 0 Å². The maximum Gasteiger partial charge on any atom is 0 e. The molecule has 0 aliphatic heterocycles. The number of hydrogen-bond donors (Lipinski definition) is 0. The normalized spacial score (nSPS) is 0. The van der Waals surface area contributed by atoms with E-state index in [1.165, 1.54) is 0 Å². The first-order chi connectivity index (χ1) is 0. The molecule has 4 heavy (non-hydrogen) atoms. The first kappa shape index (κ1) is 35.6. The monoisotopic (exact) mass is 164 g/mol. The Morgan fingerprint density at radius 1 is 0.500 bits per heavy atom. The SMILES string of the molecule is S.S.[Ti].[Ti]. The molecule has 0 fully saturated rings. The third-order valence-electron chi connectivity index (χ3n) is 0. The minimum absolute atomic E-state index is 0. The first-order valence-corrected chi connectivity index (χ1v) is 0. The van der Waals surface area contributed by atoms with Crippen molar-refractivity contribution in [3.05, 3.63) is 0 Å². The van der Waals surface area contributed by atoms with Crippen LogP contribution in [0.4, 0.5) is 0 Å². The zero-order valence-corrected chi connectivity index (χ0v) is 7.12. The van der Waals surface area contributed by atoms with Gasteiger partial charge in [-0.1, -0.05) is 0 Å². The van der Waals surface area contributed by atoms with Crippen LogP contribution in [0.5, 0.6) is 0 Å². The van der Waals surface area contributed by atoms with Gasteiger partial charge < -0.3 is 0 Å². The van der Waals surface area contributed by atoms with Crippen LogP contribution >= 0.6 is 27.0 Å². The fourth-order valence-electron chi connectivity index (χ4n) is 0. The molecule has 0 amide bonds. The van der Waals surface area contributed by atoms with E-state index in [-0.39, 0.29) is 70.4 Å². The van der Waals surface area contributed by atoms with Crippen LogP contribution in [0.1, 0.15) is 0 Å². The van der Waals surface area contributed by atoms with Crippen LogP contribution in [-0.2, 0) is 43.4 Å². The molecule has 0 aliphatic carbocycles. The number of hydrogen-bond acceptors (Lipinski definition) is 0. The molecule has 0 aliphatic rings. The van der Waals surface area contributed by atoms with E-state index >= 15 is 0 Å². The van der Waals surface area contributed by atoms with Crippen molar-refractivity contribution in [2.75, 3.05) is 0 Å². The summed E-state index contributed by atoms with van der Waals surface area (Å²) < 4.78 is 0. The zero-order valence-electron chi connectivity index (χ0n) is 2.00. The molecule has 0 heterocycles. The molecule has 0 radical (unpaired) electrons. The van der Waals surface area contributed by atoms with Gasteiger partial charge in [-0.15, -0.1) is 0 Å². The minimum atomic E-state index is 0. The van der Waals surface area contributed by atoms with Crippen LogP contribution in [0.25, 0.3) is 0 Å². The Kier molecular flexibility index (Phi) is 172. The third kappa shape index (κ3) is 8.92. The van der Waals surface area contributed by atoms with E-state index in [1.54, 1.807) is 0 Å². The summed E-state index contributed by atoms with van der Waals surface area (Å²) in [5.74, 6) is 0. The molecule has 0 saturated heterocycles. The summed E-state index contributed by atoms with van der Waals surface area (Å²) in [6.07, 6.45) is 0. The summed E-state index contributed by atoms with van der Waals surface area (Å²) >= 11 is 0. The van der Waals surface area contributed by atoms with Gasteiger partial charge in [0.05, 0.1) is 0 Å². The van der Waals surface area contributed by atoms with Crippen molar-refractivity contribution in [2.45, 2.75) is 0 Å². The number of rotatable bonds is 0. The Balaban J connectivity index is 0. The summed E-state index contributed by atoms with van der Waals surface area (Å²) in [6, 6.07) is 0. The molecule has 0 aromatic rings. The smallest absolute Gasteiger partial charge is 0 e. The second-order valence-electron chi connectivity index (χ2n) is 0. The summed E-state index contributed by atoms with van der Waals surface area (Å²) in [5, 5.41) is 0. The summed E-state index contributed by atoms with van der Waals surface area (Å²) in [7, 11) is 0. The fraction of sp³-hybridized carbons (Fsp3) is 0. The molecule has 0 saturated carbocycles. The predicted molar refractivity (Wildman–Crippen MR) is 20.8 cm³/mol. The van der Waals surface area contributed by atoms with Gasteiger partial charge in [0.15, 0.2) is 0 Å². The molecular formula is H4S2Ti2. The van der Waals surface area contributed by atoms with E-state index in [4.69, 9.17) is 0 Å². The Morgan fingerprint density at radius 3 is 0.500 bits per heavy atom. The van der Waals surface area contributed by atoms with Gasteiger partial charge in [0, 0.05) is 43.4 Å². The van der Waals surface area contributed by atoms with Gasteiger partial charge in [-0.3, -0.25) is 0 Å². The average molecular weight is 164 g/mol. The standard InChI is InChI=1S/2H2S.2Ti/h2*1H2;;. The van der Waals surface area contributed by atoms with Crippen LogP contribution in [0.2, 0.25) is 0 Å². The Bertz CT molecular complexity index is 4.00. The summed E-state index contributed by atoms with van der Waals surface area (Å²) in [4.78, 5) is 0. The summed E-state index contributed by atoms with van der Waals surface area (Å²) in [5.41, 5.74) is 0. The Labute approximate surface area is 69.8 Å². The molecule has 0 N–H and O–H groups in total. The van der Waals surface area contributed by atoms with Crippen molar-refractivity contribution in [3.8, 4) is 0 Å². The van der Waals surface area contributed by atoms with Crippen molar-refractivity contribution in [1.29, 1.82) is 0 Å². The topological polar surface area (TPSA) is 0 Å². The second-order valence-corrected chi connectivity index (χ2v) is 0. The Hall–Kier alpha value is 2.13. The maximum atomic E-state index is 0. The van der Waals surface area contributed by atoms with E-state index in [0.29, 0.717) is 0 Å². The third-order valence-corrected chi connectivity index (χ3v) is 0. The van der Waals surface area contributed by atoms with Gasteiger partial charge in [-0.05, 0) is 0 Å². The van der Waals surface area contributed by atoms with E-state index < -0.39 is 0 Å². The van der Waals surface area contributed by atoms with Gasteiger partial charge >= 0.3 is 0 Å². The molecular weight excluding hydrogens is 160 g/mol. The molecule has 0 nitrogen and oxygen atoms in total. The maximum absolute atomic E-state index is 0. The van der Waals surface area contributed by atoms with Gasteiger partial charge in [-0.25, -0.2) is 0 Å². The largest absolute Gasteiger partial charge is 0.197 e. The average Bonchev–Trinajstić information content (AvgIpc) is 0. The molecule has 0 aromatic heterocycles. The summed E-state index contributed by atoms with van der Waals surface area (Å²) in [6.45, 7) is 0. The van der Waals surface area contributed by atoms with Crippen LogP contribution in [-0.4, -0.2) is 0 Å². The Morgan fingerprint density at radius 2 is 0.500 bits per heavy atom. The fourth-order valence-corrected chi connectivity index (χ4v) is 0. The molecule has 0 spiro atoms. The van der Waals surface area contributed by atoms with E-state index in [1.807, 2.05) is 0 Å². The molecule has 0 unspecified atom stereocenters. The van der Waals surface area contributed by atoms with Gasteiger partial charge in [-0.2, -0.15) is 27.0 Å². The van der Waals surface area contributed by atoms with E-state index in [0.717, 1.165) is 0 Å². The quantitative estimate of drug-likeness (QED) is 0.449. The van der Waals surface area contributed by atoms with E-state index in [9.17, 15) is 0 Å². The van der Waals surface area contributed by atoms with Gasteiger partial charge in [0.1, 0.15) is 0 Å². The zero-order chi connectivity index (χ0) is 0. The van der Waals surface area contributed by atoms with Crippen LogP contribution in [0.15, 0.2) is 0 Å². The molecule has 0 atom stereocenters. The molecule has 0 aromatic carbocycles. The minimum Gasteiger partial charge on any atom is -0.197 e. The van der Waals surface area contributed by atoms with Gasteiger partial charge in [0.2, 0.25) is 0 Å². The van der Waals surface area contributed by atoms with Crippen molar-refractivity contribution >= 4 is 27.0 Å². The van der Waals surface area contributed by atoms with Crippen LogP contribution in [0, 0.1) is 0 Å². The van der Waals surface area contributed by atoms with Crippen molar-refractivity contribution in [2.24, 2.45) is 0 Å².